The van der Waals surface area contributed by atoms with Gasteiger partial charge in [-0.3, -0.25) is 10.6 Å². The molecule has 0 unspecified atom stereocenters. The van der Waals surface area contributed by atoms with E-state index in [4.69, 9.17) is 4.74 Å². The largest absolute Gasteiger partial charge is 0.352 e. The molecule has 92 valence electrons. The highest BCUT2D eigenvalue weighted by atomic mass is 28.1. The van der Waals surface area contributed by atoms with Crippen LogP contribution in [0.1, 0.15) is 48.5 Å². The van der Waals surface area contributed by atoms with Crippen molar-refractivity contribution in [2.75, 3.05) is 6.23 Å². The number of nitrogens with one attached hydrogen (secondary N) is 2. The Morgan fingerprint density at radius 1 is 0.867 bits per heavy atom. The number of ether oxygens (including phenoxy) is 1. The molecule has 0 atom stereocenters. The third kappa shape index (κ3) is 7.96. The van der Waals surface area contributed by atoms with Crippen molar-refractivity contribution in [3.63, 3.8) is 0 Å². The zero-order valence-electron chi connectivity index (χ0n) is 11.6. The topological polar surface area (TPSA) is 33.3 Å². The van der Waals surface area contributed by atoms with Gasteiger partial charge in [-0.25, -0.2) is 0 Å². The first-order valence-electron chi connectivity index (χ1n) is 5.70. The quantitative estimate of drug-likeness (QED) is 0.555. The normalized spacial score (nSPS) is 14.6. The van der Waals surface area contributed by atoms with Gasteiger partial charge < -0.3 is 4.74 Å². The average Bonchev–Trinajstić information content (AvgIpc) is 1.74. The van der Waals surface area contributed by atoms with Crippen molar-refractivity contribution in [1.82, 2.24) is 10.6 Å². The van der Waals surface area contributed by atoms with E-state index in [0.717, 1.165) is 16.5 Å². The minimum absolute atomic E-state index is 0.0315. The second-order valence-electron chi connectivity index (χ2n) is 6.22. The van der Waals surface area contributed by atoms with Gasteiger partial charge in [-0.2, -0.15) is 0 Å². The third-order valence-corrected chi connectivity index (χ3v) is 1.95. The minimum atomic E-state index is -0.446. The van der Waals surface area contributed by atoms with Gasteiger partial charge in [-0.15, -0.1) is 0 Å². The SMILES string of the molecule is CC(C)(C)NC(C)(NC(C)(C)C)OC[SiH3]. The molecule has 0 bridgehead atoms. The molecule has 0 aromatic rings. The second kappa shape index (κ2) is 4.95. The lowest BCUT2D eigenvalue weighted by Gasteiger charge is -2.42. The van der Waals surface area contributed by atoms with Crippen molar-refractivity contribution in [2.24, 2.45) is 0 Å². The van der Waals surface area contributed by atoms with Crippen molar-refractivity contribution in [3.05, 3.63) is 0 Å². The molecule has 0 aromatic heterocycles. The zero-order valence-corrected chi connectivity index (χ0v) is 13.6. The van der Waals surface area contributed by atoms with Crippen LogP contribution in [0.3, 0.4) is 0 Å². The minimum Gasteiger partial charge on any atom is -0.352 e. The first-order valence-corrected chi connectivity index (χ1v) is 7.11. The summed E-state index contributed by atoms with van der Waals surface area (Å²) in [4.78, 5) is 0. The average molecular weight is 232 g/mol. The van der Waals surface area contributed by atoms with Crippen LogP contribution in [0.2, 0.25) is 0 Å². The molecule has 2 N–H and O–H groups in total. The van der Waals surface area contributed by atoms with E-state index in [2.05, 4.69) is 59.1 Å². The molecule has 0 aromatic carbocycles. The molecule has 0 spiro atoms. The summed E-state index contributed by atoms with van der Waals surface area (Å²) in [5, 5.41) is 6.96. The van der Waals surface area contributed by atoms with Gasteiger partial charge in [0.2, 0.25) is 0 Å². The Kier molecular flexibility index (Phi) is 4.98. The summed E-state index contributed by atoms with van der Waals surface area (Å²) in [5.41, 5.74) is 0.0629. The summed E-state index contributed by atoms with van der Waals surface area (Å²) in [6.07, 6.45) is 0.822. The molecular formula is C11H28N2OSi. The Hall–Kier alpha value is 0.0969. The van der Waals surface area contributed by atoms with Gasteiger partial charge in [-0.05, 0) is 48.5 Å². The van der Waals surface area contributed by atoms with E-state index in [1.807, 2.05) is 0 Å². The first-order chi connectivity index (χ1) is 6.47. The predicted octanol–water partition coefficient (Wildman–Crippen LogP) is 0.776. The summed E-state index contributed by atoms with van der Waals surface area (Å²) in [5.74, 6) is -0.446. The fraction of sp³-hybridized carbons (Fsp3) is 1.00. The van der Waals surface area contributed by atoms with Crippen LogP contribution in [0.25, 0.3) is 0 Å². The first kappa shape index (κ1) is 15.1. The van der Waals surface area contributed by atoms with E-state index >= 15 is 0 Å². The predicted molar refractivity (Wildman–Crippen MR) is 70.1 cm³/mol. The standard InChI is InChI=1S/C11H28N2OSi/c1-9(2,3)12-11(7,14-8-15)13-10(4,5)6/h12-13H,8H2,1-7,15H3. The maximum atomic E-state index is 5.82. The summed E-state index contributed by atoms with van der Waals surface area (Å²) >= 11 is 0. The summed E-state index contributed by atoms with van der Waals surface area (Å²) < 4.78 is 5.82. The van der Waals surface area contributed by atoms with Crippen molar-refractivity contribution in [3.8, 4) is 0 Å². The molecule has 3 nitrogen and oxygen atoms in total. The van der Waals surface area contributed by atoms with E-state index in [1.54, 1.807) is 0 Å². The zero-order chi connectivity index (χ0) is 12.3. The molecule has 0 saturated carbocycles. The Bertz CT molecular complexity index is 178. The molecule has 15 heavy (non-hydrogen) atoms. The van der Waals surface area contributed by atoms with Gasteiger partial charge in [-0.1, -0.05) is 0 Å². The van der Waals surface area contributed by atoms with Crippen LogP contribution in [-0.2, 0) is 4.74 Å². The van der Waals surface area contributed by atoms with Gasteiger partial charge in [0.15, 0.2) is 5.85 Å². The smallest absolute Gasteiger partial charge is 0.172 e. The lowest BCUT2D eigenvalue weighted by Crippen LogP contribution is -2.66. The Balaban J connectivity index is 4.59. The molecule has 0 aliphatic heterocycles. The van der Waals surface area contributed by atoms with E-state index in [-0.39, 0.29) is 11.1 Å². The van der Waals surface area contributed by atoms with Crippen LogP contribution in [0, 0.1) is 0 Å². The maximum Gasteiger partial charge on any atom is 0.172 e. The summed E-state index contributed by atoms with van der Waals surface area (Å²) in [7, 11) is 1.05. The molecule has 0 saturated heterocycles. The highest BCUT2D eigenvalue weighted by molar-refractivity contribution is 6.08. The van der Waals surface area contributed by atoms with Crippen molar-refractivity contribution >= 4 is 10.2 Å². The van der Waals surface area contributed by atoms with Gasteiger partial charge in [0, 0.05) is 27.6 Å². The van der Waals surface area contributed by atoms with Crippen LogP contribution in [0.5, 0.6) is 0 Å². The Labute approximate surface area is 97.8 Å². The molecule has 0 radical (unpaired) electrons. The van der Waals surface area contributed by atoms with Crippen LogP contribution in [0.15, 0.2) is 0 Å². The Morgan fingerprint density at radius 2 is 1.20 bits per heavy atom. The molecule has 0 rings (SSSR count). The lowest BCUT2D eigenvalue weighted by molar-refractivity contribution is -0.0925. The molecular weight excluding hydrogens is 204 g/mol. The fourth-order valence-corrected chi connectivity index (χ4v) is 2.40. The highest BCUT2D eigenvalue weighted by Gasteiger charge is 2.32. The monoisotopic (exact) mass is 232 g/mol. The molecule has 0 aliphatic rings. The fourth-order valence-electron chi connectivity index (χ4n) is 1.82. The van der Waals surface area contributed by atoms with Crippen molar-refractivity contribution in [1.29, 1.82) is 0 Å². The van der Waals surface area contributed by atoms with Crippen LogP contribution < -0.4 is 10.6 Å². The lowest BCUT2D eigenvalue weighted by atomic mass is 10.1. The van der Waals surface area contributed by atoms with E-state index in [0.29, 0.717) is 0 Å². The molecule has 0 fully saturated rings. The maximum absolute atomic E-state index is 5.82. The molecule has 4 heteroatoms. The number of hydrogen-bond donors (Lipinski definition) is 2. The van der Waals surface area contributed by atoms with Gasteiger partial charge in [0.05, 0.1) is 0 Å². The van der Waals surface area contributed by atoms with Gasteiger partial charge in [0.1, 0.15) is 0 Å². The Morgan fingerprint density at radius 3 is 1.40 bits per heavy atom. The van der Waals surface area contributed by atoms with E-state index in [9.17, 15) is 0 Å². The number of rotatable bonds is 4. The van der Waals surface area contributed by atoms with Crippen LogP contribution in [0.4, 0.5) is 0 Å². The van der Waals surface area contributed by atoms with E-state index in [1.165, 1.54) is 0 Å². The van der Waals surface area contributed by atoms with Crippen molar-refractivity contribution in [2.45, 2.75) is 65.4 Å². The summed E-state index contributed by atoms with van der Waals surface area (Å²) in [6.45, 7) is 14.9. The highest BCUT2D eigenvalue weighted by Crippen LogP contribution is 2.14. The van der Waals surface area contributed by atoms with Gasteiger partial charge in [0.25, 0.3) is 0 Å². The third-order valence-electron chi connectivity index (χ3n) is 1.66. The van der Waals surface area contributed by atoms with E-state index < -0.39 is 5.85 Å². The van der Waals surface area contributed by atoms with Crippen LogP contribution in [-0.4, -0.2) is 33.4 Å². The molecule has 0 heterocycles. The van der Waals surface area contributed by atoms with Gasteiger partial charge >= 0.3 is 0 Å². The molecule has 0 aliphatic carbocycles. The second-order valence-corrected chi connectivity index (χ2v) is 6.79. The van der Waals surface area contributed by atoms with Crippen molar-refractivity contribution < 1.29 is 4.74 Å². The molecule has 0 amide bonds. The number of hydrogen-bond acceptors (Lipinski definition) is 3. The summed E-state index contributed by atoms with van der Waals surface area (Å²) in [6, 6.07) is 0. The van der Waals surface area contributed by atoms with Crippen LogP contribution >= 0.6 is 0 Å².